The van der Waals surface area contributed by atoms with Crippen LogP contribution < -0.4 is 10.6 Å². The SMILES string of the molecule is CCC1CN(c2ccc(CN)c3ccccc23)CCS1. The van der Waals surface area contributed by atoms with Gasteiger partial charge in [-0.15, -0.1) is 0 Å². The van der Waals surface area contributed by atoms with Crippen LogP contribution in [-0.2, 0) is 6.54 Å². The normalized spacial score (nSPS) is 19.5. The average molecular weight is 286 g/mol. The molecule has 1 aliphatic rings. The van der Waals surface area contributed by atoms with Crippen LogP contribution in [0.5, 0.6) is 0 Å². The second-order valence-electron chi connectivity index (χ2n) is 5.34. The van der Waals surface area contributed by atoms with Crippen molar-refractivity contribution < 1.29 is 0 Å². The van der Waals surface area contributed by atoms with Crippen LogP contribution in [0.1, 0.15) is 18.9 Å². The minimum atomic E-state index is 0.605. The van der Waals surface area contributed by atoms with Gasteiger partial charge in [0.25, 0.3) is 0 Å². The van der Waals surface area contributed by atoms with Gasteiger partial charge in [-0.1, -0.05) is 37.3 Å². The quantitative estimate of drug-likeness (QED) is 0.934. The van der Waals surface area contributed by atoms with E-state index in [4.69, 9.17) is 5.73 Å². The Bertz CT molecular complexity index is 597. The van der Waals surface area contributed by atoms with Crippen molar-refractivity contribution in [2.75, 3.05) is 23.7 Å². The van der Waals surface area contributed by atoms with E-state index >= 15 is 0 Å². The predicted octanol–water partition coefficient (Wildman–Crippen LogP) is 3.63. The van der Waals surface area contributed by atoms with Gasteiger partial charge in [-0.25, -0.2) is 0 Å². The van der Waals surface area contributed by atoms with Crippen LogP contribution in [-0.4, -0.2) is 24.1 Å². The Hall–Kier alpha value is -1.19. The third-order valence-corrected chi connectivity index (χ3v) is 5.52. The standard InChI is InChI=1S/C17H22N2S/c1-2-14-12-19(9-10-20-14)17-8-7-13(11-18)15-5-3-4-6-16(15)17/h3-8,14H,2,9-12,18H2,1H3. The Kier molecular flexibility index (Phi) is 4.18. The van der Waals surface area contributed by atoms with E-state index in [1.807, 2.05) is 0 Å². The number of thioether (sulfide) groups is 1. The zero-order chi connectivity index (χ0) is 13.9. The molecule has 0 aromatic heterocycles. The Morgan fingerprint density at radius 2 is 2.00 bits per heavy atom. The molecule has 0 aliphatic carbocycles. The van der Waals surface area contributed by atoms with Gasteiger partial charge in [0.1, 0.15) is 0 Å². The van der Waals surface area contributed by atoms with Gasteiger partial charge in [0.05, 0.1) is 0 Å². The van der Waals surface area contributed by atoms with Crippen molar-refractivity contribution in [2.45, 2.75) is 25.1 Å². The van der Waals surface area contributed by atoms with Crippen LogP contribution in [0.3, 0.4) is 0 Å². The highest BCUT2D eigenvalue weighted by atomic mass is 32.2. The van der Waals surface area contributed by atoms with E-state index in [0.717, 1.165) is 18.3 Å². The van der Waals surface area contributed by atoms with E-state index in [-0.39, 0.29) is 0 Å². The molecule has 1 aliphatic heterocycles. The van der Waals surface area contributed by atoms with Gasteiger partial charge in [0, 0.05) is 41.7 Å². The first-order chi connectivity index (χ1) is 9.83. The summed E-state index contributed by atoms with van der Waals surface area (Å²) < 4.78 is 0. The van der Waals surface area contributed by atoms with Crippen LogP contribution in [0.25, 0.3) is 10.8 Å². The molecule has 1 saturated heterocycles. The fourth-order valence-electron chi connectivity index (χ4n) is 2.98. The fraction of sp³-hybridized carbons (Fsp3) is 0.412. The highest BCUT2D eigenvalue weighted by molar-refractivity contribution is 8.00. The first-order valence-electron chi connectivity index (χ1n) is 7.40. The number of hydrogen-bond donors (Lipinski definition) is 1. The van der Waals surface area contributed by atoms with E-state index in [9.17, 15) is 0 Å². The van der Waals surface area contributed by atoms with Gasteiger partial charge in [-0.2, -0.15) is 11.8 Å². The van der Waals surface area contributed by atoms with Crippen molar-refractivity contribution in [3.05, 3.63) is 42.0 Å². The van der Waals surface area contributed by atoms with Crippen molar-refractivity contribution >= 4 is 28.2 Å². The number of benzene rings is 2. The molecule has 0 amide bonds. The Balaban J connectivity index is 2.03. The van der Waals surface area contributed by atoms with Crippen molar-refractivity contribution in [3.8, 4) is 0 Å². The van der Waals surface area contributed by atoms with E-state index in [0.29, 0.717) is 6.54 Å². The summed E-state index contributed by atoms with van der Waals surface area (Å²) in [6, 6.07) is 13.1. The Morgan fingerprint density at radius 1 is 1.20 bits per heavy atom. The lowest BCUT2D eigenvalue weighted by atomic mass is 10.0. The lowest BCUT2D eigenvalue weighted by Crippen LogP contribution is -2.37. The molecule has 2 aromatic carbocycles. The van der Waals surface area contributed by atoms with Gasteiger partial charge >= 0.3 is 0 Å². The van der Waals surface area contributed by atoms with Crippen LogP contribution in [0.15, 0.2) is 36.4 Å². The molecule has 3 heteroatoms. The number of nitrogens with zero attached hydrogens (tertiary/aromatic N) is 1. The summed E-state index contributed by atoms with van der Waals surface area (Å²) in [6.45, 7) is 5.20. The second kappa shape index (κ2) is 6.06. The number of anilines is 1. The molecule has 0 bridgehead atoms. The summed E-state index contributed by atoms with van der Waals surface area (Å²) in [6.07, 6.45) is 1.25. The molecular weight excluding hydrogens is 264 g/mol. The maximum absolute atomic E-state index is 5.87. The molecule has 2 N–H and O–H groups in total. The molecule has 1 heterocycles. The van der Waals surface area contributed by atoms with Crippen LogP contribution in [0.4, 0.5) is 5.69 Å². The van der Waals surface area contributed by atoms with Crippen molar-refractivity contribution in [1.82, 2.24) is 0 Å². The number of fused-ring (bicyclic) bond motifs is 1. The van der Waals surface area contributed by atoms with Crippen molar-refractivity contribution in [1.29, 1.82) is 0 Å². The molecule has 3 rings (SSSR count). The van der Waals surface area contributed by atoms with Gasteiger partial charge < -0.3 is 10.6 Å². The van der Waals surface area contributed by atoms with Crippen LogP contribution >= 0.6 is 11.8 Å². The van der Waals surface area contributed by atoms with E-state index in [1.54, 1.807) is 0 Å². The van der Waals surface area contributed by atoms with Crippen molar-refractivity contribution in [2.24, 2.45) is 5.73 Å². The molecule has 20 heavy (non-hydrogen) atoms. The first-order valence-corrected chi connectivity index (χ1v) is 8.45. The third kappa shape index (κ3) is 2.52. The fourth-order valence-corrected chi connectivity index (χ4v) is 4.16. The molecule has 1 fully saturated rings. The van der Waals surface area contributed by atoms with Gasteiger partial charge in [0.15, 0.2) is 0 Å². The molecular formula is C17H22N2S. The highest BCUT2D eigenvalue weighted by Crippen LogP contribution is 2.32. The zero-order valence-corrected chi connectivity index (χ0v) is 12.8. The lowest BCUT2D eigenvalue weighted by molar-refractivity contribution is 0.730. The minimum absolute atomic E-state index is 0.605. The number of nitrogens with two attached hydrogens (primary N) is 1. The lowest BCUT2D eigenvalue weighted by Gasteiger charge is -2.34. The average Bonchev–Trinajstić information content (AvgIpc) is 2.54. The summed E-state index contributed by atoms with van der Waals surface area (Å²) in [5.41, 5.74) is 8.48. The Morgan fingerprint density at radius 3 is 2.75 bits per heavy atom. The van der Waals surface area contributed by atoms with E-state index < -0.39 is 0 Å². The largest absolute Gasteiger partial charge is 0.369 e. The van der Waals surface area contributed by atoms with E-state index in [1.165, 1.54) is 34.2 Å². The predicted molar refractivity (Wildman–Crippen MR) is 90.6 cm³/mol. The number of hydrogen-bond acceptors (Lipinski definition) is 3. The summed E-state index contributed by atoms with van der Waals surface area (Å²) in [5.74, 6) is 1.23. The molecule has 0 radical (unpaired) electrons. The molecule has 2 nitrogen and oxygen atoms in total. The van der Waals surface area contributed by atoms with Crippen LogP contribution in [0, 0.1) is 0 Å². The zero-order valence-electron chi connectivity index (χ0n) is 12.0. The summed E-state index contributed by atoms with van der Waals surface area (Å²) in [7, 11) is 0. The number of rotatable bonds is 3. The topological polar surface area (TPSA) is 29.3 Å². The maximum atomic E-state index is 5.87. The summed E-state index contributed by atoms with van der Waals surface area (Å²) >= 11 is 2.11. The second-order valence-corrected chi connectivity index (χ2v) is 6.75. The Labute approximate surface area is 125 Å². The smallest absolute Gasteiger partial charge is 0.0446 e. The van der Waals surface area contributed by atoms with Gasteiger partial charge in [-0.3, -0.25) is 0 Å². The van der Waals surface area contributed by atoms with Crippen LogP contribution in [0.2, 0.25) is 0 Å². The monoisotopic (exact) mass is 286 g/mol. The maximum Gasteiger partial charge on any atom is 0.0446 e. The van der Waals surface area contributed by atoms with Crippen molar-refractivity contribution in [3.63, 3.8) is 0 Å². The van der Waals surface area contributed by atoms with Gasteiger partial charge in [-0.05, 0) is 23.4 Å². The first kappa shape index (κ1) is 13.8. The van der Waals surface area contributed by atoms with Gasteiger partial charge in [0.2, 0.25) is 0 Å². The summed E-state index contributed by atoms with van der Waals surface area (Å²) in [4.78, 5) is 2.55. The van der Waals surface area contributed by atoms with E-state index in [2.05, 4.69) is 60.0 Å². The molecule has 0 saturated carbocycles. The minimum Gasteiger partial charge on any atom is -0.369 e. The molecule has 1 unspecified atom stereocenters. The third-order valence-electron chi connectivity index (χ3n) is 4.15. The molecule has 0 spiro atoms. The molecule has 106 valence electrons. The molecule has 1 atom stereocenters. The molecule has 2 aromatic rings. The summed E-state index contributed by atoms with van der Waals surface area (Å²) in [5, 5.41) is 3.41. The highest BCUT2D eigenvalue weighted by Gasteiger charge is 2.20.